The summed E-state index contributed by atoms with van der Waals surface area (Å²) in [5, 5.41) is 18.4. The highest BCUT2D eigenvalue weighted by molar-refractivity contribution is 7.89. The maximum absolute atomic E-state index is 12.4. The fourth-order valence-electron chi connectivity index (χ4n) is 2.37. The van der Waals surface area contributed by atoms with E-state index in [0.29, 0.717) is 12.8 Å². The maximum Gasteiger partial charge on any atom is 0.335 e. The fourth-order valence-corrected chi connectivity index (χ4v) is 4.09. The number of hydrogen-bond acceptors (Lipinski definition) is 4. The highest BCUT2D eigenvalue weighted by Gasteiger charge is 2.40. The third-order valence-electron chi connectivity index (χ3n) is 3.77. The number of aliphatic hydroxyl groups is 1. The smallest absolute Gasteiger partial charge is 0.335 e. The summed E-state index contributed by atoms with van der Waals surface area (Å²) < 4.78 is 27.3. The minimum Gasteiger partial charge on any atom is -0.478 e. The van der Waals surface area contributed by atoms with Crippen molar-refractivity contribution in [2.24, 2.45) is 0 Å². The number of hydrogen-bond donors (Lipinski definition) is 3. The summed E-state index contributed by atoms with van der Waals surface area (Å²) in [6.45, 7) is 1.20. The Morgan fingerprint density at radius 2 is 2.05 bits per heavy atom. The van der Waals surface area contributed by atoms with Gasteiger partial charge in [-0.3, -0.25) is 0 Å². The number of nitrogens with one attached hydrogen (secondary N) is 1. The van der Waals surface area contributed by atoms with Gasteiger partial charge in [0.15, 0.2) is 0 Å². The molecule has 3 N–H and O–H groups in total. The average molecular weight is 299 g/mol. The van der Waals surface area contributed by atoms with Crippen molar-refractivity contribution in [3.8, 4) is 0 Å². The van der Waals surface area contributed by atoms with E-state index in [4.69, 9.17) is 5.11 Å². The van der Waals surface area contributed by atoms with Crippen molar-refractivity contribution in [3.05, 3.63) is 29.3 Å². The number of carboxylic acid groups (broad SMARTS) is 1. The van der Waals surface area contributed by atoms with Crippen LogP contribution in [0.1, 0.15) is 35.2 Å². The van der Waals surface area contributed by atoms with Gasteiger partial charge in [-0.05, 0) is 43.9 Å². The van der Waals surface area contributed by atoms with E-state index in [1.807, 2.05) is 0 Å². The van der Waals surface area contributed by atoms with Crippen LogP contribution in [0.15, 0.2) is 23.1 Å². The predicted octanol–water partition coefficient (Wildman–Crippen LogP) is 0.887. The number of carboxylic acids is 1. The van der Waals surface area contributed by atoms with Gasteiger partial charge in [0, 0.05) is 0 Å². The van der Waals surface area contributed by atoms with Crippen molar-refractivity contribution in [1.82, 2.24) is 4.72 Å². The molecular weight excluding hydrogens is 282 g/mol. The Labute approximate surface area is 117 Å². The van der Waals surface area contributed by atoms with Gasteiger partial charge in [0.25, 0.3) is 0 Å². The van der Waals surface area contributed by atoms with E-state index in [1.54, 1.807) is 0 Å². The Bertz CT molecular complexity index is 629. The van der Waals surface area contributed by atoms with Crippen molar-refractivity contribution >= 4 is 16.0 Å². The molecule has 20 heavy (non-hydrogen) atoms. The first kappa shape index (κ1) is 15.0. The van der Waals surface area contributed by atoms with Gasteiger partial charge in [-0.1, -0.05) is 6.07 Å². The van der Waals surface area contributed by atoms with Gasteiger partial charge in [-0.25, -0.2) is 17.9 Å². The molecule has 0 bridgehead atoms. The zero-order chi connectivity index (χ0) is 15.0. The van der Waals surface area contributed by atoms with Crippen LogP contribution in [-0.4, -0.2) is 36.7 Å². The minimum atomic E-state index is -3.85. The molecule has 1 saturated carbocycles. The van der Waals surface area contributed by atoms with Gasteiger partial charge in [0.1, 0.15) is 0 Å². The first-order chi connectivity index (χ1) is 9.31. The Hall–Kier alpha value is -1.44. The topological polar surface area (TPSA) is 104 Å². The van der Waals surface area contributed by atoms with E-state index in [2.05, 4.69) is 4.72 Å². The predicted molar refractivity (Wildman–Crippen MR) is 72.1 cm³/mol. The Morgan fingerprint density at radius 3 is 2.50 bits per heavy atom. The number of carbonyl (C=O) groups is 1. The van der Waals surface area contributed by atoms with Crippen molar-refractivity contribution < 1.29 is 23.4 Å². The lowest BCUT2D eigenvalue weighted by molar-refractivity contribution is 0.0696. The molecule has 0 saturated heterocycles. The van der Waals surface area contributed by atoms with Crippen molar-refractivity contribution in [3.63, 3.8) is 0 Å². The summed E-state index contributed by atoms with van der Waals surface area (Å²) in [7, 11) is -3.85. The largest absolute Gasteiger partial charge is 0.478 e. The van der Waals surface area contributed by atoms with E-state index < -0.39 is 21.5 Å². The van der Waals surface area contributed by atoms with Crippen molar-refractivity contribution in [1.29, 1.82) is 0 Å². The second-order valence-corrected chi connectivity index (χ2v) is 6.78. The van der Waals surface area contributed by atoms with Crippen LogP contribution in [0.4, 0.5) is 0 Å². The van der Waals surface area contributed by atoms with Gasteiger partial charge >= 0.3 is 5.97 Å². The molecule has 0 aliphatic heterocycles. The molecule has 1 aromatic rings. The number of rotatable bonds is 5. The second-order valence-electron chi connectivity index (χ2n) is 5.13. The summed E-state index contributed by atoms with van der Waals surface area (Å²) in [5.74, 6) is -1.17. The summed E-state index contributed by atoms with van der Waals surface area (Å²) in [4.78, 5) is 11.0. The van der Waals surface area contributed by atoms with Crippen LogP contribution in [0, 0.1) is 6.92 Å². The molecular formula is C13H17NO5S. The number of aromatic carboxylic acids is 1. The first-order valence-corrected chi connectivity index (χ1v) is 7.77. The van der Waals surface area contributed by atoms with Crippen LogP contribution in [0.3, 0.4) is 0 Å². The average Bonchev–Trinajstić information content (AvgIpc) is 2.33. The summed E-state index contributed by atoms with van der Waals surface area (Å²) in [6, 6.07) is 4.13. The van der Waals surface area contributed by atoms with Gasteiger partial charge in [0.05, 0.1) is 22.6 Å². The Balaban J connectivity index is 2.40. The molecule has 0 amide bonds. The lowest BCUT2D eigenvalue weighted by Crippen LogP contribution is -2.56. The quantitative estimate of drug-likeness (QED) is 0.749. The Kier molecular flexibility index (Phi) is 3.86. The summed E-state index contributed by atoms with van der Waals surface area (Å²) in [5.41, 5.74) is -0.649. The van der Waals surface area contributed by atoms with Crippen molar-refractivity contribution in [2.45, 2.75) is 36.6 Å². The lowest BCUT2D eigenvalue weighted by Gasteiger charge is -2.40. The van der Waals surface area contributed by atoms with Crippen LogP contribution >= 0.6 is 0 Å². The molecule has 1 fully saturated rings. The van der Waals surface area contributed by atoms with Crippen LogP contribution < -0.4 is 4.72 Å². The fraction of sp³-hybridized carbons (Fsp3) is 0.462. The second kappa shape index (κ2) is 5.16. The molecule has 1 aromatic carbocycles. The molecule has 0 spiro atoms. The molecule has 0 unspecified atom stereocenters. The highest BCUT2D eigenvalue weighted by Crippen LogP contribution is 2.33. The summed E-state index contributed by atoms with van der Waals surface area (Å²) >= 11 is 0. The molecule has 0 radical (unpaired) electrons. The van der Waals surface area contributed by atoms with E-state index in [9.17, 15) is 18.3 Å². The summed E-state index contributed by atoms with van der Waals surface area (Å²) in [6.07, 6.45) is 2.03. The van der Waals surface area contributed by atoms with Gasteiger partial charge in [0.2, 0.25) is 10.0 Å². The van der Waals surface area contributed by atoms with E-state index in [-0.39, 0.29) is 22.6 Å². The molecule has 0 aromatic heterocycles. The van der Waals surface area contributed by atoms with Gasteiger partial charge in [-0.2, -0.15) is 0 Å². The van der Waals surface area contributed by atoms with Crippen LogP contribution in [0.5, 0.6) is 0 Å². The standard InChI is InChI=1S/C13H17NO5S/c1-9-10(12(16)17)4-2-5-11(9)20(18,19)14-13(8-15)6-3-7-13/h2,4-5,14-15H,3,6-8H2,1H3,(H,16,17). The first-order valence-electron chi connectivity index (χ1n) is 6.29. The van der Waals surface area contributed by atoms with Crippen LogP contribution in [0.25, 0.3) is 0 Å². The monoisotopic (exact) mass is 299 g/mol. The Morgan fingerprint density at radius 1 is 1.40 bits per heavy atom. The number of benzene rings is 1. The molecule has 2 rings (SSSR count). The molecule has 0 atom stereocenters. The molecule has 110 valence electrons. The van der Waals surface area contributed by atoms with Crippen molar-refractivity contribution in [2.75, 3.05) is 6.61 Å². The third kappa shape index (κ3) is 2.56. The van der Waals surface area contributed by atoms with Gasteiger partial charge < -0.3 is 10.2 Å². The molecule has 1 aliphatic rings. The van der Waals surface area contributed by atoms with Crippen LogP contribution in [0.2, 0.25) is 0 Å². The normalized spacial score (nSPS) is 17.5. The maximum atomic E-state index is 12.4. The zero-order valence-corrected chi connectivity index (χ0v) is 11.9. The number of sulfonamides is 1. The third-order valence-corrected chi connectivity index (χ3v) is 5.49. The molecule has 7 heteroatoms. The zero-order valence-electron chi connectivity index (χ0n) is 11.1. The van der Waals surface area contributed by atoms with E-state index in [0.717, 1.165) is 6.42 Å². The van der Waals surface area contributed by atoms with Crippen LogP contribution in [-0.2, 0) is 10.0 Å². The molecule has 1 aliphatic carbocycles. The number of aliphatic hydroxyl groups excluding tert-OH is 1. The minimum absolute atomic E-state index is 0.0421. The lowest BCUT2D eigenvalue weighted by atomic mass is 9.78. The van der Waals surface area contributed by atoms with E-state index in [1.165, 1.54) is 25.1 Å². The van der Waals surface area contributed by atoms with Gasteiger partial charge in [-0.15, -0.1) is 0 Å². The molecule has 0 heterocycles. The highest BCUT2D eigenvalue weighted by atomic mass is 32.2. The SMILES string of the molecule is Cc1c(C(=O)O)cccc1S(=O)(=O)NC1(CO)CCC1. The molecule has 6 nitrogen and oxygen atoms in total. The van der Waals surface area contributed by atoms with E-state index >= 15 is 0 Å².